The van der Waals surface area contributed by atoms with E-state index in [1.807, 2.05) is 17.0 Å². The van der Waals surface area contributed by atoms with Crippen LogP contribution in [0.1, 0.15) is 11.4 Å². The molecule has 0 saturated carbocycles. The summed E-state index contributed by atoms with van der Waals surface area (Å²) < 4.78 is 5.78. The second kappa shape index (κ2) is 8.43. The van der Waals surface area contributed by atoms with Crippen molar-refractivity contribution in [3.63, 3.8) is 0 Å². The van der Waals surface area contributed by atoms with Crippen LogP contribution in [0.4, 0.5) is 0 Å². The number of rotatable bonds is 2. The van der Waals surface area contributed by atoms with Gasteiger partial charge in [0.25, 0.3) is 0 Å². The van der Waals surface area contributed by atoms with Gasteiger partial charge in [0.15, 0.2) is 0 Å². The van der Waals surface area contributed by atoms with Gasteiger partial charge in [-0.3, -0.25) is 14.7 Å². The van der Waals surface area contributed by atoms with Gasteiger partial charge < -0.3 is 15.4 Å². The van der Waals surface area contributed by atoms with E-state index in [1.165, 1.54) is 7.11 Å². The van der Waals surface area contributed by atoms with Gasteiger partial charge in [0.05, 0.1) is 25.0 Å². The van der Waals surface area contributed by atoms with Crippen LogP contribution in [0.15, 0.2) is 16.6 Å². The number of carbonyl (C=O) groups is 1. The molecule has 0 fully saturated rings. The fourth-order valence-corrected chi connectivity index (χ4v) is 2.75. The standard InChI is InChI=1S/C14H21BrN4O2/c1-21-14(20)10-19-5-4-16-2-3-17-8-12-6-11(15)7-13(9-19)18-12/h6-7,16-17H,2-5,8-10H2,1H3. The second-order valence-corrected chi connectivity index (χ2v) is 5.90. The van der Waals surface area contributed by atoms with Gasteiger partial charge >= 0.3 is 5.97 Å². The van der Waals surface area contributed by atoms with Crippen LogP contribution < -0.4 is 10.6 Å². The van der Waals surface area contributed by atoms with Gasteiger partial charge in [0.1, 0.15) is 0 Å². The number of nitrogens with zero attached hydrogens (tertiary/aromatic N) is 2. The van der Waals surface area contributed by atoms with Crippen LogP contribution in [0, 0.1) is 0 Å². The van der Waals surface area contributed by atoms with E-state index < -0.39 is 0 Å². The van der Waals surface area contributed by atoms with E-state index >= 15 is 0 Å². The summed E-state index contributed by atoms with van der Waals surface area (Å²) in [6.45, 7) is 5.04. The molecule has 0 amide bonds. The Hall–Kier alpha value is -1.02. The number of nitrogens with one attached hydrogen (secondary N) is 2. The highest BCUT2D eigenvalue weighted by atomic mass is 79.9. The molecule has 0 unspecified atom stereocenters. The molecule has 2 N–H and O–H groups in total. The van der Waals surface area contributed by atoms with Crippen LogP contribution in [0.3, 0.4) is 0 Å². The maximum Gasteiger partial charge on any atom is 0.319 e. The van der Waals surface area contributed by atoms with Crippen molar-refractivity contribution in [3.8, 4) is 0 Å². The quantitative estimate of drug-likeness (QED) is 0.752. The van der Waals surface area contributed by atoms with Gasteiger partial charge in [-0.2, -0.15) is 0 Å². The van der Waals surface area contributed by atoms with Gasteiger partial charge in [-0.25, -0.2) is 0 Å². The van der Waals surface area contributed by atoms with Gasteiger partial charge in [-0.1, -0.05) is 15.9 Å². The molecule has 0 aromatic carbocycles. The third kappa shape index (κ3) is 5.70. The molecule has 1 aliphatic rings. The maximum atomic E-state index is 11.5. The summed E-state index contributed by atoms with van der Waals surface area (Å²) in [4.78, 5) is 18.2. The van der Waals surface area contributed by atoms with Gasteiger partial charge in [-0.15, -0.1) is 0 Å². The third-order valence-corrected chi connectivity index (χ3v) is 3.71. The smallest absolute Gasteiger partial charge is 0.319 e. The lowest BCUT2D eigenvalue weighted by Gasteiger charge is -2.22. The largest absolute Gasteiger partial charge is 0.468 e. The molecule has 2 heterocycles. The topological polar surface area (TPSA) is 66.5 Å². The minimum Gasteiger partial charge on any atom is -0.468 e. The number of halogens is 1. The fourth-order valence-electron chi connectivity index (χ4n) is 2.23. The van der Waals surface area contributed by atoms with Crippen molar-refractivity contribution in [2.75, 3.05) is 39.8 Å². The summed E-state index contributed by atoms with van der Waals surface area (Å²) in [5.74, 6) is -0.223. The van der Waals surface area contributed by atoms with Crippen molar-refractivity contribution in [1.29, 1.82) is 0 Å². The number of pyridine rings is 1. The fraction of sp³-hybridized carbons (Fsp3) is 0.571. The van der Waals surface area contributed by atoms with Crippen LogP contribution in [-0.2, 0) is 22.6 Å². The first kappa shape index (κ1) is 16.4. The van der Waals surface area contributed by atoms with E-state index in [0.29, 0.717) is 6.54 Å². The van der Waals surface area contributed by atoms with E-state index in [2.05, 4.69) is 31.5 Å². The summed E-state index contributed by atoms with van der Waals surface area (Å²) in [6.07, 6.45) is 0. The van der Waals surface area contributed by atoms with E-state index in [4.69, 9.17) is 4.74 Å². The number of methoxy groups -OCH3 is 1. The molecular formula is C14H21BrN4O2. The zero-order chi connectivity index (χ0) is 15.1. The van der Waals surface area contributed by atoms with Crippen LogP contribution in [-0.4, -0.2) is 55.7 Å². The van der Waals surface area contributed by atoms with Crippen molar-refractivity contribution in [2.45, 2.75) is 13.1 Å². The molecule has 0 saturated heterocycles. The Morgan fingerprint density at radius 3 is 2.90 bits per heavy atom. The minimum absolute atomic E-state index is 0.223. The molecule has 0 radical (unpaired) electrons. The zero-order valence-electron chi connectivity index (χ0n) is 12.2. The number of aromatic nitrogens is 1. The minimum atomic E-state index is -0.223. The Balaban J connectivity index is 2.14. The summed E-state index contributed by atoms with van der Waals surface area (Å²) in [5, 5.41) is 6.72. The van der Waals surface area contributed by atoms with Crippen molar-refractivity contribution in [2.24, 2.45) is 0 Å². The van der Waals surface area contributed by atoms with Crippen molar-refractivity contribution >= 4 is 21.9 Å². The molecule has 2 rings (SSSR count). The van der Waals surface area contributed by atoms with Crippen molar-refractivity contribution in [3.05, 3.63) is 28.0 Å². The third-order valence-electron chi connectivity index (χ3n) is 3.25. The molecule has 2 bridgehead atoms. The Kier molecular flexibility index (Phi) is 6.56. The number of fused-ring (bicyclic) bond motifs is 2. The molecule has 116 valence electrons. The average Bonchev–Trinajstić information content (AvgIpc) is 2.44. The van der Waals surface area contributed by atoms with Crippen LogP contribution >= 0.6 is 15.9 Å². The lowest BCUT2D eigenvalue weighted by atomic mass is 10.2. The molecule has 1 aromatic rings. The highest BCUT2D eigenvalue weighted by Crippen LogP contribution is 2.14. The van der Waals surface area contributed by atoms with E-state index in [0.717, 1.165) is 48.6 Å². The molecule has 0 spiro atoms. The number of hydrogen-bond donors (Lipinski definition) is 2. The molecular weight excluding hydrogens is 336 g/mol. The van der Waals surface area contributed by atoms with Crippen LogP contribution in [0.2, 0.25) is 0 Å². The molecule has 0 aliphatic carbocycles. The summed E-state index contributed by atoms with van der Waals surface area (Å²) in [6, 6.07) is 4.01. The Bertz CT molecular complexity index is 484. The second-order valence-electron chi connectivity index (χ2n) is 4.98. The van der Waals surface area contributed by atoms with Crippen LogP contribution in [0.5, 0.6) is 0 Å². The molecule has 0 atom stereocenters. The molecule has 6 nitrogen and oxygen atoms in total. The zero-order valence-corrected chi connectivity index (χ0v) is 13.8. The molecule has 1 aromatic heterocycles. The van der Waals surface area contributed by atoms with E-state index in [-0.39, 0.29) is 12.5 Å². The predicted molar refractivity (Wildman–Crippen MR) is 83.8 cm³/mol. The monoisotopic (exact) mass is 356 g/mol. The van der Waals surface area contributed by atoms with Crippen molar-refractivity contribution < 1.29 is 9.53 Å². The van der Waals surface area contributed by atoms with Gasteiger partial charge in [0, 0.05) is 43.7 Å². The lowest BCUT2D eigenvalue weighted by molar-refractivity contribution is -0.142. The van der Waals surface area contributed by atoms with Crippen LogP contribution in [0.25, 0.3) is 0 Å². The maximum absolute atomic E-state index is 11.5. The first-order chi connectivity index (χ1) is 10.2. The van der Waals surface area contributed by atoms with Crippen molar-refractivity contribution in [1.82, 2.24) is 20.5 Å². The summed E-state index contributed by atoms with van der Waals surface area (Å²) in [5.41, 5.74) is 1.95. The summed E-state index contributed by atoms with van der Waals surface area (Å²) >= 11 is 3.52. The SMILES string of the molecule is COC(=O)CN1CCNCCNCc2cc(Br)cc(n2)C1. The number of carbonyl (C=O) groups excluding carboxylic acids is 1. The summed E-state index contributed by atoms with van der Waals surface area (Å²) in [7, 11) is 1.41. The average molecular weight is 357 g/mol. The van der Waals surface area contributed by atoms with Gasteiger partial charge in [0.2, 0.25) is 0 Å². The highest BCUT2D eigenvalue weighted by Gasteiger charge is 2.13. The first-order valence-corrected chi connectivity index (χ1v) is 7.82. The molecule has 1 aliphatic heterocycles. The first-order valence-electron chi connectivity index (χ1n) is 7.03. The lowest BCUT2D eigenvalue weighted by Crippen LogP contribution is -2.38. The number of ether oxygens (including phenoxy) is 1. The molecule has 21 heavy (non-hydrogen) atoms. The number of hydrogen-bond acceptors (Lipinski definition) is 6. The van der Waals surface area contributed by atoms with Gasteiger partial charge in [-0.05, 0) is 12.1 Å². The molecule has 7 heteroatoms. The Morgan fingerprint density at radius 2 is 2.10 bits per heavy atom. The normalized spacial score (nSPS) is 17.6. The Labute approximate surface area is 133 Å². The predicted octanol–water partition coefficient (Wildman–Crippen LogP) is 0.512. The Morgan fingerprint density at radius 1 is 1.33 bits per heavy atom. The highest BCUT2D eigenvalue weighted by molar-refractivity contribution is 9.10. The number of esters is 1. The van der Waals surface area contributed by atoms with E-state index in [1.54, 1.807) is 0 Å². The van der Waals surface area contributed by atoms with E-state index in [9.17, 15) is 4.79 Å².